The topological polar surface area (TPSA) is 55.9 Å². The van der Waals surface area contributed by atoms with E-state index in [0.717, 1.165) is 12.1 Å². The number of thiophene rings is 1. The van der Waals surface area contributed by atoms with E-state index < -0.39 is 0 Å². The molecule has 1 atom stereocenters. The van der Waals surface area contributed by atoms with Gasteiger partial charge in [-0.25, -0.2) is 0 Å². The Bertz CT molecular complexity index is 447. The van der Waals surface area contributed by atoms with E-state index in [1.807, 2.05) is 16.9 Å². The standard InChI is InChI=1S/C12H18N4S/c1-9(2)16-6-5-10(15-16)8-11(14-13)12-4-3-7-17-12/h3-7,9,11,14H,8,13H2,1-2H3. The van der Waals surface area contributed by atoms with Crippen molar-refractivity contribution in [2.45, 2.75) is 32.4 Å². The summed E-state index contributed by atoms with van der Waals surface area (Å²) in [5.74, 6) is 5.60. The lowest BCUT2D eigenvalue weighted by atomic mass is 10.1. The number of rotatable bonds is 5. The van der Waals surface area contributed by atoms with E-state index in [9.17, 15) is 0 Å². The SMILES string of the molecule is CC(C)n1ccc(CC(NN)c2cccs2)n1. The zero-order chi connectivity index (χ0) is 12.3. The molecule has 2 aromatic rings. The van der Waals surface area contributed by atoms with E-state index in [-0.39, 0.29) is 6.04 Å². The predicted octanol–water partition coefficient (Wildman–Crippen LogP) is 2.27. The lowest BCUT2D eigenvalue weighted by Crippen LogP contribution is -2.29. The van der Waals surface area contributed by atoms with Gasteiger partial charge in [-0.15, -0.1) is 11.3 Å². The van der Waals surface area contributed by atoms with Crippen molar-refractivity contribution < 1.29 is 0 Å². The lowest BCUT2D eigenvalue weighted by Gasteiger charge is -2.12. The molecule has 2 aromatic heterocycles. The van der Waals surface area contributed by atoms with Crippen LogP contribution in [0.5, 0.6) is 0 Å². The van der Waals surface area contributed by atoms with Gasteiger partial charge in [-0.2, -0.15) is 5.10 Å². The van der Waals surface area contributed by atoms with E-state index in [1.54, 1.807) is 11.3 Å². The smallest absolute Gasteiger partial charge is 0.0644 e. The molecule has 0 amide bonds. The molecule has 92 valence electrons. The van der Waals surface area contributed by atoms with Crippen LogP contribution < -0.4 is 11.3 Å². The van der Waals surface area contributed by atoms with E-state index >= 15 is 0 Å². The highest BCUT2D eigenvalue weighted by molar-refractivity contribution is 7.10. The number of nitrogens with two attached hydrogens (primary N) is 1. The lowest BCUT2D eigenvalue weighted by molar-refractivity contribution is 0.509. The Kier molecular flexibility index (Phi) is 3.93. The van der Waals surface area contributed by atoms with Crippen LogP contribution in [0.1, 0.15) is 36.5 Å². The summed E-state index contributed by atoms with van der Waals surface area (Å²) in [5, 5.41) is 6.60. The van der Waals surface area contributed by atoms with E-state index in [4.69, 9.17) is 5.84 Å². The summed E-state index contributed by atoms with van der Waals surface area (Å²) in [6.07, 6.45) is 2.83. The summed E-state index contributed by atoms with van der Waals surface area (Å²) >= 11 is 1.71. The molecule has 2 rings (SSSR count). The first-order chi connectivity index (χ1) is 8.20. The molecule has 0 aliphatic rings. The van der Waals surface area contributed by atoms with Crippen LogP contribution >= 0.6 is 11.3 Å². The van der Waals surface area contributed by atoms with Crippen LogP contribution in [0.15, 0.2) is 29.8 Å². The molecule has 0 saturated carbocycles. The van der Waals surface area contributed by atoms with Crippen molar-refractivity contribution in [2.24, 2.45) is 5.84 Å². The Hall–Kier alpha value is -1.17. The molecule has 1 unspecified atom stereocenters. The van der Waals surface area contributed by atoms with Gasteiger partial charge < -0.3 is 0 Å². The maximum Gasteiger partial charge on any atom is 0.0644 e. The zero-order valence-electron chi connectivity index (χ0n) is 10.1. The molecule has 0 fully saturated rings. The molecular formula is C12H18N4S. The molecule has 3 N–H and O–H groups in total. The summed E-state index contributed by atoms with van der Waals surface area (Å²) in [6, 6.07) is 6.73. The van der Waals surface area contributed by atoms with Gasteiger partial charge in [0, 0.05) is 23.5 Å². The first kappa shape index (κ1) is 12.3. The second-order valence-corrected chi connectivity index (χ2v) is 5.30. The minimum absolute atomic E-state index is 0.144. The van der Waals surface area contributed by atoms with Gasteiger partial charge in [0.15, 0.2) is 0 Å². The van der Waals surface area contributed by atoms with Crippen molar-refractivity contribution in [3.05, 3.63) is 40.3 Å². The highest BCUT2D eigenvalue weighted by atomic mass is 32.1. The number of hydrogen-bond acceptors (Lipinski definition) is 4. The Balaban J connectivity index is 2.08. The molecule has 0 bridgehead atoms. The van der Waals surface area contributed by atoms with Gasteiger partial charge in [0.25, 0.3) is 0 Å². The summed E-state index contributed by atoms with van der Waals surface area (Å²) in [6.45, 7) is 4.24. The molecule has 4 nitrogen and oxygen atoms in total. The minimum atomic E-state index is 0.144. The van der Waals surface area contributed by atoms with Crippen molar-refractivity contribution in [2.75, 3.05) is 0 Å². The molecule has 0 radical (unpaired) electrons. The highest BCUT2D eigenvalue weighted by Crippen LogP contribution is 2.21. The van der Waals surface area contributed by atoms with Gasteiger partial charge in [-0.1, -0.05) is 6.07 Å². The quantitative estimate of drug-likeness (QED) is 0.632. The van der Waals surface area contributed by atoms with Crippen molar-refractivity contribution in [1.29, 1.82) is 0 Å². The van der Waals surface area contributed by atoms with Crippen molar-refractivity contribution in [3.63, 3.8) is 0 Å². The Morgan fingerprint density at radius 2 is 2.29 bits per heavy atom. The third-order valence-corrected chi connectivity index (χ3v) is 3.68. The fourth-order valence-corrected chi connectivity index (χ4v) is 2.50. The fraction of sp³-hybridized carbons (Fsp3) is 0.417. The van der Waals surface area contributed by atoms with E-state index in [1.165, 1.54) is 4.88 Å². The van der Waals surface area contributed by atoms with Gasteiger partial charge >= 0.3 is 0 Å². The molecule has 2 heterocycles. The summed E-state index contributed by atoms with van der Waals surface area (Å²) < 4.78 is 1.97. The Morgan fingerprint density at radius 1 is 1.47 bits per heavy atom. The monoisotopic (exact) mass is 250 g/mol. The molecule has 17 heavy (non-hydrogen) atoms. The van der Waals surface area contributed by atoms with Crippen LogP contribution in [-0.2, 0) is 6.42 Å². The number of nitrogens with zero attached hydrogens (tertiary/aromatic N) is 2. The average molecular weight is 250 g/mol. The molecule has 0 aromatic carbocycles. The normalized spacial score (nSPS) is 13.2. The Morgan fingerprint density at radius 3 is 2.82 bits per heavy atom. The maximum absolute atomic E-state index is 5.60. The summed E-state index contributed by atoms with van der Waals surface area (Å²) in [5.41, 5.74) is 3.92. The van der Waals surface area contributed by atoms with Crippen LogP contribution in [0.25, 0.3) is 0 Å². The Labute approximate surface area is 105 Å². The molecule has 0 saturated heterocycles. The summed E-state index contributed by atoms with van der Waals surface area (Å²) in [7, 11) is 0. The molecule has 5 heteroatoms. The van der Waals surface area contributed by atoms with Gasteiger partial charge in [0.1, 0.15) is 0 Å². The number of hydrogen-bond donors (Lipinski definition) is 2. The third-order valence-electron chi connectivity index (χ3n) is 2.69. The molecule has 0 aliphatic heterocycles. The van der Waals surface area contributed by atoms with Gasteiger partial charge in [0.05, 0.1) is 11.7 Å². The average Bonchev–Trinajstić information content (AvgIpc) is 2.96. The van der Waals surface area contributed by atoms with Crippen LogP contribution in [0.3, 0.4) is 0 Å². The third kappa shape index (κ3) is 2.94. The minimum Gasteiger partial charge on any atom is -0.271 e. The molecule has 0 spiro atoms. The van der Waals surface area contributed by atoms with Gasteiger partial charge in [-0.05, 0) is 31.4 Å². The van der Waals surface area contributed by atoms with Crippen molar-refractivity contribution in [3.8, 4) is 0 Å². The molecule has 0 aliphatic carbocycles. The number of hydrazine groups is 1. The van der Waals surface area contributed by atoms with E-state index in [2.05, 4.69) is 41.9 Å². The highest BCUT2D eigenvalue weighted by Gasteiger charge is 2.13. The van der Waals surface area contributed by atoms with Crippen LogP contribution in [0, 0.1) is 0 Å². The van der Waals surface area contributed by atoms with E-state index in [0.29, 0.717) is 6.04 Å². The summed E-state index contributed by atoms with van der Waals surface area (Å²) in [4.78, 5) is 1.24. The zero-order valence-corrected chi connectivity index (χ0v) is 10.9. The number of aromatic nitrogens is 2. The molecular weight excluding hydrogens is 232 g/mol. The maximum atomic E-state index is 5.60. The van der Waals surface area contributed by atoms with Gasteiger partial charge in [-0.3, -0.25) is 16.0 Å². The largest absolute Gasteiger partial charge is 0.271 e. The predicted molar refractivity (Wildman–Crippen MR) is 70.7 cm³/mol. The number of nitrogens with one attached hydrogen (secondary N) is 1. The first-order valence-electron chi connectivity index (χ1n) is 5.74. The van der Waals surface area contributed by atoms with Crippen molar-refractivity contribution >= 4 is 11.3 Å². The second kappa shape index (κ2) is 5.44. The van der Waals surface area contributed by atoms with Crippen LogP contribution in [0.4, 0.5) is 0 Å². The van der Waals surface area contributed by atoms with Crippen LogP contribution in [-0.4, -0.2) is 9.78 Å². The van der Waals surface area contributed by atoms with Crippen molar-refractivity contribution in [1.82, 2.24) is 15.2 Å². The van der Waals surface area contributed by atoms with Crippen LogP contribution in [0.2, 0.25) is 0 Å². The second-order valence-electron chi connectivity index (χ2n) is 4.32. The first-order valence-corrected chi connectivity index (χ1v) is 6.62. The van der Waals surface area contributed by atoms with Gasteiger partial charge in [0.2, 0.25) is 0 Å². The fourth-order valence-electron chi connectivity index (χ4n) is 1.71.